The van der Waals surface area contributed by atoms with Crippen molar-refractivity contribution in [1.29, 1.82) is 5.26 Å². The summed E-state index contributed by atoms with van der Waals surface area (Å²) in [4.78, 5) is 4.32. The van der Waals surface area contributed by atoms with Gasteiger partial charge in [-0.1, -0.05) is 17.7 Å². The van der Waals surface area contributed by atoms with E-state index < -0.39 is 0 Å². The van der Waals surface area contributed by atoms with Gasteiger partial charge >= 0.3 is 0 Å². The molecular weight excluding hydrogens is 248 g/mol. The van der Waals surface area contributed by atoms with Crippen LogP contribution in [0.5, 0.6) is 0 Å². The van der Waals surface area contributed by atoms with Crippen LogP contribution in [0.2, 0.25) is 5.02 Å². The van der Waals surface area contributed by atoms with Crippen molar-refractivity contribution in [2.75, 3.05) is 17.7 Å². The van der Waals surface area contributed by atoms with E-state index in [1.807, 2.05) is 18.2 Å². The number of nitrogens with one attached hydrogen (secondary N) is 2. The van der Waals surface area contributed by atoms with Crippen molar-refractivity contribution in [3.63, 3.8) is 0 Å². The molecule has 0 bridgehead atoms. The molecule has 0 atom stereocenters. The maximum absolute atomic E-state index is 9.02. The smallest absolute Gasteiger partial charge is 0.132 e. The van der Waals surface area contributed by atoms with Crippen molar-refractivity contribution in [1.82, 2.24) is 4.98 Å². The molecule has 2 rings (SSSR count). The van der Waals surface area contributed by atoms with Crippen LogP contribution in [0.15, 0.2) is 36.4 Å². The van der Waals surface area contributed by atoms with Crippen LogP contribution in [-0.4, -0.2) is 12.0 Å². The molecule has 0 amide bonds. The molecule has 0 saturated heterocycles. The molecule has 5 heteroatoms. The SMILES string of the molecule is CNc1cccc(Nc2cc(Cl)ccc2C#N)n1. The number of anilines is 3. The van der Waals surface area contributed by atoms with Crippen molar-refractivity contribution < 1.29 is 0 Å². The minimum Gasteiger partial charge on any atom is -0.373 e. The summed E-state index contributed by atoms with van der Waals surface area (Å²) < 4.78 is 0. The number of hydrogen-bond donors (Lipinski definition) is 2. The molecule has 0 unspecified atom stereocenters. The van der Waals surface area contributed by atoms with Crippen LogP contribution in [0.1, 0.15) is 5.56 Å². The Kier molecular flexibility index (Phi) is 3.66. The number of nitriles is 1. The van der Waals surface area contributed by atoms with Crippen molar-refractivity contribution in [2.24, 2.45) is 0 Å². The van der Waals surface area contributed by atoms with Crippen LogP contribution < -0.4 is 10.6 Å². The number of benzene rings is 1. The Balaban J connectivity index is 2.33. The number of halogens is 1. The van der Waals surface area contributed by atoms with Gasteiger partial charge < -0.3 is 10.6 Å². The third-order valence-corrected chi connectivity index (χ3v) is 2.61. The standard InChI is InChI=1S/C13H11ClN4/c1-16-12-3-2-4-13(18-12)17-11-7-10(14)6-5-9(11)8-15/h2-7H,1H3,(H2,16,17,18). The lowest BCUT2D eigenvalue weighted by molar-refractivity contribution is 1.27. The molecule has 0 saturated carbocycles. The second-order valence-electron chi connectivity index (χ2n) is 3.58. The summed E-state index contributed by atoms with van der Waals surface area (Å²) in [5.74, 6) is 1.40. The van der Waals surface area contributed by atoms with Gasteiger partial charge in [0.15, 0.2) is 0 Å². The molecule has 90 valence electrons. The fourth-order valence-corrected chi connectivity index (χ4v) is 1.67. The predicted molar refractivity (Wildman–Crippen MR) is 73.2 cm³/mol. The lowest BCUT2D eigenvalue weighted by Crippen LogP contribution is -1.98. The molecule has 4 nitrogen and oxygen atoms in total. The van der Waals surface area contributed by atoms with Gasteiger partial charge in [-0.2, -0.15) is 5.26 Å². The average molecular weight is 259 g/mol. The number of pyridine rings is 1. The Labute approximate surface area is 110 Å². The molecular formula is C13H11ClN4. The monoisotopic (exact) mass is 258 g/mol. The second-order valence-corrected chi connectivity index (χ2v) is 4.02. The predicted octanol–water partition coefficient (Wildman–Crippen LogP) is 3.39. The molecule has 18 heavy (non-hydrogen) atoms. The first kappa shape index (κ1) is 12.2. The highest BCUT2D eigenvalue weighted by atomic mass is 35.5. The molecule has 2 N–H and O–H groups in total. The average Bonchev–Trinajstić information content (AvgIpc) is 2.39. The Morgan fingerprint density at radius 3 is 2.72 bits per heavy atom. The third kappa shape index (κ3) is 2.70. The van der Waals surface area contributed by atoms with Gasteiger partial charge in [-0.15, -0.1) is 0 Å². The maximum atomic E-state index is 9.02. The van der Waals surface area contributed by atoms with Crippen LogP contribution in [0.3, 0.4) is 0 Å². The van der Waals surface area contributed by atoms with Crippen LogP contribution in [0.25, 0.3) is 0 Å². The van der Waals surface area contributed by atoms with E-state index in [1.165, 1.54) is 0 Å². The van der Waals surface area contributed by atoms with Crippen LogP contribution in [0.4, 0.5) is 17.3 Å². The van der Waals surface area contributed by atoms with E-state index in [4.69, 9.17) is 16.9 Å². The number of hydrogen-bond acceptors (Lipinski definition) is 4. The summed E-state index contributed by atoms with van der Waals surface area (Å²) in [5, 5.41) is 15.6. The first-order valence-electron chi connectivity index (χ1n) is 5.34. The Morgan fingerprint density at radius 2 is 2.00 bits per heavy atom. The van der Waals surface area contributed by atoms with Gasteiger partial charge in [-0.3, -0.25) is 0 Å². The van der Waals surface area contributed by atoms with Crippen LogP contribution >= 0.6 is 11.6 Å². The van der Waals surface area contributed by atoms with E-state index in [2.05, 4.69) is 21.7 Å². The second kappa shape index (κ2) is 5.39. The van der Waals surface area contributed by atoms with Crippen molar-refractivity contribution in [2.45, 2.75) is 0 Å². The van der Waals surface area contributed by atoms with Crippen LogP contribution in [0, 0.1) is 11.3 Å². The molecule has 0 aliphatic carbocycles. The fourth-order valence-electron chi connectivity index (χ4n) is 1.50. The van der Waals surface area contributed by atoms with Gasteiger partial charge in [-0.05, 0) is 30.3 Å². The first-order chi connectivity index (χ1) is 8.72. The minimum atomic E-state index is 0.524. The zero-order valence-corrected chi connectivity index (χ0v) is 10.5. The minimum absolute atomic E-state index is 0.524. The fraction of sp³-hybridized carbons (Fsp3) is 0.0769. The van der Waals surface area contributed by atoms with E-state index in [-0.39, 0.29) is 0 Å². The maximum Gasteiger partial charge on any atom is 0.132 e. The van der Waals surface area contributed by atoms with Gasteiger partial charge in [-0.25, -0.2) is 4.98 Å². The zero-order valence-electron chi connectivity index (χ0n) is 9.74. The lowest BCUT2D eigenvalue weighted by atomic mass is 10.2. The van der Waals surface area contributed by atoms with Crippen LogP contribution in [-0.2, 0) is 0 Å². The Morgan fingerprint density at radius 1 is 1.22 bits per heavy atom. The van der Waals surface area contributed by atoms with E-state index in [0.717, 1.165) is 5.82 Å². The Bertz CT molecular complexity index is 604. The Hall–Kier alpha value is -2.25. The molecule has 0 aliphatic rings. The van der Waals surface area contributed by atoms with Crippen molar-refractivity contribution >= 4 is 28.9 Å². The molecule has 0 spiro atoms. The van der Waals surface area contributed by atoms with Gasteiger partial charge in [0.1, 0.15) is 17.7 Å². The molecule has 1 heterocycles. The summed E-state index contributed by atoms with van der Waals surface area (Å²) in [5.41, 5.74) is 1.17. The van der Waals surface area contributed by atoms with E-state index in [9.17, 15) is 0 Å². The molecule has 0 fully saturated rings. The number of nitrogens with zero attached hydrogens (tertiary/aromatic N) is 2. The highest BCUT2D eigenvalue weighted by Crippen LogP contribution is 2.23. The van der Waals surface area contributed by atoms with Gasteiger partial charge in [0, 0.05) is 12.1 Å². The summed E-state index contributed by atoms with van der Waals surface area (Å²) in [6.45, 7) is 0. The van der Waals surface area contributed by atoms with Crippen molar-refractivity contribution in [3.8, 4) is 6.07 Å². The van der Waals surface area contributed by atoms with Gasteiger partial charge in [0.25, 0.3) is 0 Å². The van der Waals surface area contributed by atoms with E-state index >= 15 is 0 Å². The quantitative estimate of drug-likeness (QED) is 0.886. The first-order valence-corrected chi connectivity index (χ1v) is 5.72. The van der Waals surface area contributed by atoms with Crippen molar-refractivity contribution in [3.05, 3.63) is 47.0 Å². The lowest BCUT2D eigenvalue weighted by Gasteiger charge is -2.09. The largest absolute Gasteiger partial charge is 0.373 e. The molecule has 2 aromatic rings. The van der Waals surface area contributed by atoms with E-state index in [1.54, 1.807) is 25.2 Å². The molecule has 1 aromatic carbocycles. The highest BCUT2D eigenvalue weighted by Gasteiger charge is 2.04. The topological polar surface area (TPSA) is 60.7 Å². The summed E-state index contributed by atoms with van der Waals surface area (Å²) in [6, 6.07) is 12.7. The number of aromatic nitrogens is 1. The summed E-state index contributed by atoms with van der Waals surface area (Å²) in [6.07, 6.45) is 0. The number of rotatable bonds is 3. The van der Waals surface area contributed by atoms with Gasteiger partial charge in [0.2, 0.25) is 0 Å². The zero-order chi connectivity index (χ0) is 13.0. The van der Waals surface area contributed by atoms with Gasteiger partial charge in [0.05, 0.1) is 11.3 Å². The normalized spacial score (nSPS) is 9.61. The highest BCUT2D eigenvalue weighted by molar-refractivity contribution is 6.30. The summed E-state index contributed by atoms with van der Waals surface area (Å²) >= 11 is 5.92. The van der Waals surface area contributed by atoms with E-state index in [0.29, 0.717) is 22.1 Å². The third-order valence-electron chi connectivity index (χ3n) is 2.37. The summed E-state index contributed by atoms with van der Waals surface area (Å²) in [7, 11) is 1.80. The molecule has 0 aliphatic heterocycles. The molecule has 0 radical (unpaired) electrons. The molecule has 1 aromatic heterocycles.